The Labute approximate surface area is 156 Å². The highest BCUT2D eigenvalue weighted by molar-refractivity contribution is 5.92. The quantitative estimate of drug-likeness (QED) is 0.667. The second-order valence-electron chi connectivity index (χ2n) is 5.63. The van der Waals surface area contributed by atoms with E-state index in [9.17, 15) is 9.59 Å². The lowest BCUT2D eigenvalue weighted by atomic mass is 10.1. The van der Waals surface area contributed by atoms with Crippen LogP contribution < -0.4 is 20.1 Å². The van der Waals surface area contributed by atoms with Gasteiger partial charge >= 0.3 is 12.2 Å². The Hall–Kier alpha value is -3.80. The van der Waals surface area contributed by atoms with Crippen molar-refractivity contribution >= 4 is 23.6 Å². The molecule has 27 heavy (non-hydrogen) atoms. The average Bonchev–Trinajstić information content (AvgIpc) is 2.66. The molecule has 0 aliphatic heterocycles. The van der Waals surface area contributed by atoms with Gasteiger partial charge in [-0.3, -0.25) is 10.6 Å². The Balaban J connectivity index is 1.64. The molecule has 0 radical (unpaired) electrons. The summed E-state index contributed by atoms with van der Waals surface area (Å²) in [5, 5.41) is 5.34. The maximum atomic E-state index is 12.1. The van der Waals surface area contributed by atoms with Gasteiger partial charge in [0.15, 0.2) is 0 Å². The lowest BCUT2D eigenvalue weighted by Gasteiger charge is -2.13. The second kappa shape index (κ2) is 8.53. The van der Waals surface area contributed by atoms with Crippen LogP contribution in [0.15, 0.2) is 78.9 Å². The van der Waals surface area contributed by atoms with Gasteiger partial charge < -0.3 is 9.47 Å². The summed E-state index contributed by atoms with van der Waals surface area (Å²) in [5.41, 5.74) is 1.72. The van der Waals surface area contributed by atoms with Crippen LogP contribution in [0.1, 0.15) is 5.56 Å². The maximum Gasteiger partial charge on any atom is 0.417 e. The minimum atomic E-state index is -0.617. The summed E-state index contributed by atoms with van der Waals surface area (Å²) in [6, 6.07) is 22.6. The molecule has 2 N–H and O–H groups in total. The topological polar surface area (TPSA) is 76.7 Å². The van der Waals surface area contributed by atoms with Crippen LogP contribution in [0.3, 0.4) is 0 Å². The van der Waals surface area contributed by atoms with Crippen molar-refractivity contribution in [1.29, 1.82) is 0 Å². The summed E-state index contributed by atoms with van der Waals surface area (Å²) in [6.07, 6.45) is -1.23. The fraction of sp³-hybridized carbons (Fsp3) is 0.0476. The van der Waals surface area contributed by atoms with Gasteiger partial charge in [-0.1, -0.05) is 42.5 Å². The monoisotopic (exact) mass is 362 g/mol. The van der Waals surface area contributed by atoms with Gasteiger partial charge in [0.2, 0.25) is 0 Å². The number of hydrogen-bond donors (Lipinski definition) is 2. The van der Waals surface area contributed by atoms with Crippen molar-refractivity contribution in [3.63, 3.8) is 0 Å². The number of anilines is 2. The van der Waals surface area contributed by atoms with Crippen molar-refractivity contribution in [2.75, 3.05) is 10.6 Å². The SMILES string of the molecule is Cc1c(NC(=O)Oc2ccccc2)cccc1NC(=O)Oc1ccccc1. The summed E-state index contributed by atoms with van der Waals surface area (Å²) in [5.74, 6) is 0.877. The van der Waals surface area contributed by atoms with Crippen molar-refractivity contribution in [3.8, 4) is 11.5 Å². The van der Waals surface area contributed by atoms with E-state index in [0.29, 0.717) is 28.4 Å². The van der Waals surface area contributed by atoms with Crippen LogP contribution in [-0.4, -0.2) is 12.2 Å². The highest BCUT2D eigenvalue weighted by Crippen LogP contribution is 2.24. The molecule has 0 unspecified atom stereocenters. The van der Waals surface area contributed by atoms with Crippen LogP contribution in [0.5, 0.6) is 11.5 Å². The molecule has 6 nitrogen and oxygen atoms in total. The van der Waals surface area contributed by atoms with Crippen molar-refractivity contribution in [2.24, 2.45) is 0 Å². The highest BCUT2D eigenvalue weighted by atomic mass is 16.6. The van der Waals surface area contributed by atoms with E-state index >= 15 is 0 Å². The second-order valence-corrected chi connectivity index (χ2v) is 5.63. The zero-order chi connectivity index (χ0) is 19.1. The summed E-state index contributed by atoms with van der Waals surface area (Å²) in [4.78, 5) is 24.1. The standard InChI is InChI=1S/C21H18N2O4/c1-15-18(22-20(24)26-16-9-4-2-5-10-16)13-8-14-19(15)23-21(25)27-17-11-6-3-7-12-17/h2-14H,1H3,(H,22,24)(H,23,25). The first-order valence-electron chi connectivity index (χ1n) is 8.29. The molecule has 0 heterocycles. The number of nitrogens with one attached hydrogen (secondary N) is 2. The molecule has 0 fully saturated rings. The first kappa shape index (κ1) is 18.0. The fourth-order valence-corrected chi connectivity index (χ4v) is 2.37. The fourth-order valence-electron chi connectivity index (χ4n) is 2.37. The number of rotatable bonds is 4. The number of hydrogen-bond acceptors (Lipinski definition) is 4. The Bertz CT molecular complexity index is 854. The third-order valence-corrected chi connectivity index (χ3v) is 3.71. The van der Waals surface area contributed by atoms with Crippen LogP contribution in [0.2, 0.25) is 0 Å². The van der Waals surface area contributed by atoms with Gasteiger partial charge in [-0.25, -0.2) is 9.59 Å². The summed E-state index contributed by atoms with van der Waals surface area (Å²) in [7, 11) is 0. The van der Waals surface area contributed by atoms with Gasteiger partial charge in [0.1, 0.15) is 11.5 Å². The number of carbonyl (C=O) groups excluding carboxylic acids is 2. The molecule has 6 heteroatoms. The molecule has 136 valence electrons. The molecule has 0 atom stereocenters. The molecule has 3 aromatic rings. The van der Waals surface area contributed by atoms with Gasteiger partial charge in [-0.15, -0.1) is 0 Å². The molecule has 0 saturated heterocycles. The van der Waals surface area contributed by atoms with E-state index in [2.05, 4.69) is 10.6 Å². The molecule has 2 amide bonds. The predicted molar refractivity (Wildman–Crippen MR) is 103 cm³/mol. The van der Waals surface area contributed by atoms with Gasteiger partial charge in [-0.2, -0.15) is 0 Å². The van der Waals surface area contributed by atoms with E-state index in [-0.39, 0.29) is 0 Å². The molecule has 0 aliphatic carbocycles. The van der Waals surface area contributed by atoms with Crippen molar-refractivity contribution in [3.05, 3.63) is 84.4 Å². The van der Waals surface area contributed by atoms with Gasteiger partial charge in [0, 0.05) is 11.4 Å². The zero-order valence-electron chi connectivity index (χ0n) is 14.6. The van der Waals surface area contributed by atoms with E-state index in [1.807, 2.05) is 12.1 Å². The molecule has 0 spiro atoms. The first-order chi connectivity index (χ1) is 13.1. The number of amides is 2. The summed E-state index contributed by atoms with van der Waals surface area (Å²) in [6.45, 7) is 1.77. The van der Waals surface area contributed by atoms with E-state index in [1.165, 1.54) is 0 Å². The highest BCUT2D eigenvalue weighted by Gasteiger charge is 2.12. The number of benzene rings is 3. The molecule has 3 aromatic carbocycles. The van der Waals surface area contributed by atoms with E-state index in [4.69, 9.17) is 9.47 Å². The lowest BCUT2D eigenvalue weighted by molar-refractivity contribution is 0.214. The average molecular weight is 362 g/mol. The minimum Gasteiger partial charge on any atom is -0.410 e. The van der Waals surface area contributed by atoms with Crippen LogP contribution in [0.25, 0.3) is 0 Å². The number of carbonyl (C=O) groups is 2. The Kier molecular flexibility index (Phi) is 5.69. The van der Waals surface area contributed by atoms with Gasteiger partial charge in [0.25, 0.3) is 0 Å². The van der Waals surface area contributed by atoms with E-state index < -0.39 is 12.2 Å². The Morgan fingerprint density at radius 2 is 1.04 bits per heavy atom. The smallest absolute Gasteiger partial charge is 0.410 e. The Morgan fingerprint density at radius 1 is 0.630 bits per heavy atom. The molecular weight excluding hydrogens is 344 g/mol. The molecule has 3 rings (SSSR count). The first-order valence-corrected chi connectivity index (χ1v) is 8.29. The van der Waals surface area contributed by atoms with Crippen molar-refractivity contribution in [2.45, 2.75) is 6.92 Å². The molecule has 0 aromatic heterocycles. The third kappa shape index (κ3) is 5.09. The lowest BCUT2D eigenvalue weighted by Crippen LogP contribution is -2.19. The molecule has 0 aliphatic rings. The maximum absolute atomic E-state index is 12.1. The van der Waals surface area contributed by atoms with Crippen molar-refractivity contribution in [1.82, 2.24) is 0 Å². The summed E-state index contributed by atoms with van der Waals surface area (Å²) >= 11 is 0. The molecular formula is C21H18N2O4. The molecule has 0 bridgehead atoms. The predicted octanol–water partition coefficient (Wildman–Crippen LogP) is 5.22. The Morgan fingerprint density at radius 3 is 1.44 bits per heavy atom. The van der Waals surface area contributed by atoms with Crippen LogP contribution in [-0.2, 0) is 0 Å². The largest absolute Gasteiger partial charge is 0.417 e. The normalized spacial score (nSPS) is 9.96. The van der Waals surface area contributed by atoms with Crippen LogP contribution in [0, 0.1) is 6.92 Å². The van der Waals surface area contributed by atoms with Gasteiger partial charge in [0.05, 0.1) is 0 Å². The number of ether oxygens (including phenoxy) is 2. The van der Waals surface area contributed by atoms with Crippen LogP contribution >= 0.6 is 0 Å². The minimum absolute atomic E-state index is 0.438. The summed E-state index contributed by atoms with van der Waals surface area (Å²) < 4.78 is 10.4. The van der Waals surface area contributed by atoms with E-state index in [0.717, 1.165) is 0 Å². The van der Waals surface area contributed by atoms with E-state index in [1.54, 1.807) is 73.7 Å². The molecule has 0 saturated carbocycles. The van der Waals surface area contributed by atoms with Crippen molar-refractivity contribution < 1.29 is 19.1 Å². The number of para-hydroxylation sites is 2. The third-order valence-electron chi connectivity index (χ3n) is 3.71. The zero-order valence-corrected chi connectivity index (χ0v) is 14.6. The van der Waals surface area contributed by atoms with Crippen LogP contribution in [0.4, 0.5) is 21.0 Å². The van der Waals surface area contributed by atoms with Gasteiger partial charge in [-0.05, 0) is 48.9 Å².